The van der Waals surface area contributed by atoms with Gasteiger partial charge < -0.3 is 19.1 Å². The minimum absolute atomic E-state index is 0.129. The maximum atomic E-state index is 6.26. The molecular formula is C29H62N4O3. The van der Waals surface area contributed by atoms with Crippen LogP contribution in [-0.4, -0.2) is 115 Å². The smallest absolute Gasteiger partial charge is 0.0997 e. The van der Waals surface area contributed by atoms with Crippen LogP contribution < -0.4 is 0 Å². The Hall–Kier alpha value is -0.280. The average molecular weight is 515 g/mol. The number of hydrogen-bond donors (Lipinski definition) is 0. The summed E-state index contributed by atoms with van der Waals surface area (Å²) in [7, 11) is 0. The monoisotopic (exact) mass is 514 g/mol. The molecule has 0 aromatic heterocycles. The SMILES string of the molecule is CCC1CN(COC(C)(C)C)CCN(CC)CCCN(COC(C)(C)C)CCN(COC(C)(C)C)C1. The van der Waals surface area contributed by atoms with Crippen molar-refractivity contribution in [1.82, 2.24) is 19.6 Å². The van der Waals surface area contributed by atoms with Crippen LogP contribution in [0.5, 0.6) is 0 Å². The molecule has 1 fully saturated rings. The lowest BCUT2D eigenvalue weighted by atomic mass is 10.1. The van der Waals surface area contributed by atoms with Crippen LogP contribution in [0.2, 0.25) is 0 Å². The molecule has 1 rings (SSSR count). The molecule has 1 aliphatic rings. The summed E-state index contributed by atoms with van der Waals surface area (Å²) in [4.78, 5) is 10.1. The summed E-state index contributed by atoms with van der Waals surface area (Å²) in [6, 6.07) is 0. The van der Waals surface area contributed by atoms with Gasteiger partial charge in [-0.15, -0.1) is 0 Å². The van der Waals surface area contributed by atoms with Crippen molar-refractivity contribution in [2.75, 3.05) is 79.1 Å². The largest absolute Gasteiger partial charge is 0.360 e. The van der Waals surface area contributed by atoms with Crippen LogP contribution in [-0.2, 0) is 14.2 Å². The molecule has 0 aliphatic carbocycles. The Morgan fingerprint density at radius 3 is 1.28 bits per heavy atom. The zero-order valence-corrected chi connectivity index (χ0v) is 26.0. The second-order valence-corrected chi connectivity index (χ2v) is 13.5. The molecule has 1 unspecified atom stereocenters. The van der Waals surface area contributed by atoms with E-state index in [2.05, 4.69) is 95.8 Å². The summed E-state index contributed by atoms with van der Waals surface area (Å²) >= 11 is 0. The molecule has 7 heteroatoms. The normalized spacial score (nSPS) is 22.6. The van der Waals surface area contributed by atoms with E-state index in [0.29, 0.717) is 26.1 Å². The van der Waals surface area contributed by atoms with E-state index in [1.165, 1.54) is 0 Å². The van der Waals surface area contributed by atoms with Crippen molar-refractivity contribution in [2.24, 2.45) is 5.92 Å². The zero-order chi connectivity index (χ0) is 27.4. The maximum absolute atomic E-state index is 6.26. The zero-order valence-electron chi connectivity index (χ0n) is 26.0. The number of likely N-dealkylation sites (N-methyl/N-ethyl adjacent to an activating group) is 1. The van der Waals surface area contributed by atoms with E-state index in [4.69, 9.17) is 14.2 Å². The first-order valence-electron chi connectivity index (χ1n) is 14.4. The quantitative estimate of drug-likeness (QED) is 0.453. The van der Waals surface area contributed by atoms with Crippen molar-refractivity contribution < 1.29 is 14.2 Å². The third-order valence-electron chi connectivity index (χ3n) is 6.51. The van der Waals surface area contributed by atoms with E-state index in [-0.39, 0.29) is 16.8 Å². The second-order valence-electron chi connectivity index (χ2n) is 13.5. The molecule has 0 aromatic carbocycles. The molecule has 0 radical (unpaired) electrons. The van der Waals surface area contributed by atoms with Gasteiger partial charge in [0.1, 0.15) is 0 Å². The second kappa shape index (κ2) is 16.0. The molecule has 1 atom stereocenters. The lowest BCUT2D eigenvalue weighted by Gasteiger charge is -2.36. The van der Waals surface area contributed by atoms with Gasteiger partial charge in [-0.3, -0.25) is 14.7 Å². The molecule has 1 heterocycles. The van der Waals surface area contributed by atoms with Gasteiger partial charge in [0.15, 0.2) is 0 Å². The molecule has 1 saturated heterocycles. The van der Waals surface area contributed by atoms with E-state index in [9.17, 15) is 0 Å². The topological polar surface area (TPSA) is 40.7 Å². The lowest BCUT2D eigenvalue weighted by molar-refractivity contribution is -0.0883. The highest BCUT2D eigenvalue weighted by Crippen LogP contribution is 2.15. The summed E-state index contributed by atoms with van der Waals surface area (Å²) in [5.41, 5.74) is -0.405. The van der Waals surface area contributed by atoms with Crippen LogP contribution in [0.3, 0.4) is 0 Å². The van der Waals surface area contributed by atoms with Gasteiger partial charge in [0.25, 0.3) is 0 Å². The predicted octanol–water partition coefficient (Wildman–Crippen LogP) is 4.96. The molecule has 36 heavy (non-hydrogen) atoms. The van der Waals surface area contributed by atoms with Gasteiger partial charge in [-0.25, -0.2) is 0 Å². The van der Waals surface area contributed by atoms with E-state index < -0.39 is 0 Å². The highest BCUT2D eigenvalue weighted by Gasteiger charge is 2.23. The third-order valence-corrected chi connectivity index (χ3v) is 6.51. The fourth-order valence-corrected chi connectivity index (χ4v) is 4.07. The van der Waals surface area contributed by atoms with Crippen molar-refractivity contribution >= 4 is 0 Å². The molecule has 216 valence electrons. The van der Waals surface area contributed by atoms with Crippen LogP contribution >= 0.6 is 0 Å². The molecule has 0 aromatic rings. The molecular weight excluding hydrogens is 452 g/mol. The van der Waals surface area contributed by atoms with Crippen LogP contribution in [0.25, 0.3) is 0 Å². The van der Waals surface area contributed by atoms with Crippen molar-refractivity contribution in [1.29, 1.82) is 0 Å². The van der Waals surface area contributed by atoms with Gasteiger partial charge in [0.05, 0.1) is 37.0 Å². The first-order chi connectivity index (χ1) is 16.6. The highest BCUT2D eigenvalue weighted by molar-refractivity contribution is 4.73. The maximum Gasteiger partial charge on any atom is 0.0997 e. The fraction of sp³-hybridized carbons (Fsp3) is 1.00. The third kappa shape index (κ3) is 17.3. The Kier molecular flexibility index (Phi) is 15.0. The van der Waals surface area contributed by atoms with Gasteiger partial charge in [-0.05, 0) is 87.7 Å². The average Bonchev–Trinajstić information content (AvgIpc) is 2.75. The molecule has 0 amide bonds. The van der Waals surface area contributed by atoms with Gasteiger partial charge in [0, 0.05) is 45.8 Å². The molecule has 1 aliphatic heterocycles. The van der Waals surface area contributed by atoms with Crippen molar-refractivity contribution in [3.63, 3.8) is 0 Å². The minimum atomic E-state index is -0.147. The first-order valence-corrected chi connectivity index (χ1v) is 14.4. The van der Waals surface area contributed by atoms with Crippen LogP contribution in [0.1, 0.15) is 89.0 Å². The van der Waals surface area contributed by atoms with Crippen molar-refractivity contribution in [2.45, 2.75) is 106 Å². The number of rotatable bonds is 8. The Morgan fingerprint density at radius 1 is 0.528 bits per heavy atom. The summed E-state index contributed by atoms with van der Waals surface area (Å²) in [5, 5.41) is 0. The van der Waals surface area contributed by atoms with Gasteiger partial charge in [-0.2, -0.15) is 0 Å². The van der Waals surface area contributed by atoms with E-state index in [0.717, 1.165) is 71.7 Å². The predicted molar refractivity (Wildman–Crippen MR) is 152 cm³/mol. The Labute approximate surface area is 224 Å². The minimum Gasteiger partial charge on any atom is -0.360 e. The molecule has 0 saturated carbocycles. The Balaban J connectivity index is 3.03. The van der Waals surface area contributed by atoms with E-state index in [1.54, 1.807) is 0 Å². The summed E-state index contributed by atoms with van der Waals surface area (Å²) in [6.45, 7) is 35.3. The van der Waals surface area contributed by atoms with E-state index >= 15 is 0 Å². The highest BCUT2D eigenvalue weighted by atomic mass is 16.5. The van der Waals surface area contributed by atoms with Crippen molar-refractivity contribution in [3.8, 4) is 0 Å². The molecule has 0 bridgehead atoms. The van der Waals surface area contributed by atoms with Gasteiger partial charge in [-0.1, -0.05) is 20.3 Å². The Bertz CT molecular complexity index is 568. The number of hydrogen-bond acceptors (Lipinski definition) is 7. The van der Waals surface area contributed by atoms with Crippen LogP contribution in [0.4, 0.5) is 0 Å². The van der Waals surface area contributed by atoms with Crippen LogP contribution in [0, 0.1) is 5.92 Å². The van der Waals surface area contributed by atoms with Crippen molar-refractivity contribution in [3.05, 3.63) is 0 Å². The van der Waals surface area contributed by atoms with E-state index in [1.807, 2.05) is 0 Å². The molecule has 7 nitrogen and oxygen atoms in total. The lowest BCUT2D eigenvalue weighted by Crippen LogP contribution is -2.46. The summed E-state index contributed by atoms with van der Waals surface area (Å²) in [6.07, 6.45) is 2.29. The first kappa shape index (κ1) is 33.7. The summed E-state index contributed by atoms with van der Waals surface area (Å²) in [5.74, 6) is 0.564. The van der Waals surface area contributed by atoms with Crippen LogP contribution in [0.15, 0.2) is 0 Å². The number of nitrogens with zero attached hydrogens (tertiary/aromatic N) is 4. The fourth-order valence-electron chi connectivity index (χ4n) is 4.07. The van der Waals surface area contributed by atoms with Gasteiger partial charge >= 0.3 is 0 Å². The Morgan fingerprint density at radius 2 is 0.889 bits per heavy atom. The summed E-state index contributed by atoms with van der Waals surface area (Å²) < 4.78 is 18.7. The molecule has 0 N–H and O–H groups in total. The number of ether oxygens (including phenoxy) is 3. The standard InChI is InChI=1S/C29H62N4O3/c1-12-26-21-32(24-35-28(6,7)8)19-17-30(13-2)15-14-16-31(23-34-27(3,4)5)18-20-33(22-26)25-36-29(9,10)11/h26H,12-25H2,1-11H3. The molecule has 0 spiro atoms. The van der Waals surface area contributed by atoms with Gasteiger partial charge in [0.2, 0.25) is 0 Å².